The molecule has 0 bridgehead atoms. The van der Waals surface area contributed by atoms with Crippen molar-refractivity contribution in [3.05, 3.63) is 199 Å². The highest BCUT2D eigenvalue weighted by atomic mass is 32.1. The Labute approximate surface area is 350 Å². The quantitative estimate of drug-likeness (QED) is 0.174. The zero-order valence-corrected chi connectivity index (χ0v) is 33.3. The molecule has 3 aromatic heterocycles. The molecular weight excluding hydrogens is 751 g/mol. The number of fused-ring (bicyclic) bond motifs is 13. The van der Waals surface area contributed by atoms with Gasteiger partial charge in [-0.25, -0.2) is 0 Å². The number of benzene rings is 9. The van der Waals surface area contributed by atoms with Crippen LogP contribution in [0.1, 0.15) is 11.1 Å². The van der Waals surface area contributed by atoms with Crippen LogP contribution in [0.2, 0.25) is 0 Å². The van der Waals surface area contributed by atoms with Gasteiger partial charge >= 0.3 is 0 Å². The van der Waals surface area contributed by atoms with Gasteiger partial charge in [0, 0.05) is 59.5 Å². The van der Waals surface area contributed by atoms with E-state index in [9.17, 15) is 0 Å². The molecule has 1 aliphatic rings. The first-order valence-corrected chi connectivity index (χ1v) is 21.4. The summed E-state index contributed by atoms with van der Waals surface area (Å²) in [6, 6.07) is 68.0. The molecule has 1 aliphatic carbocycles. The van der Waals surface area contributed by atoms with Gasteiger partial charge in [-0.1, -0.05) is 133 Å². The maximum Gasteiger partial charge on any atom is 0.143 e. The van der Waals surface area contributed by atoms with Gasteiger partial charge in [0.25, 0.3) is 0 Å². The van der Waals surface area contributed by atoms with Crippen molar-refractivity contribution in [2.45, 2.75) is 12.8 Å². The molecule has 3 heterocycles. The summed E-state index contributed by atoms with van der Waals surface area (Å²) in [5.41, 5.74) is 14.7. The summed E-state index contributed by atoms with van der Waals surface area (Å²) < 4.78 is 15.7. The number of nitrogens with zero attached hydrogens (tertiary/aromatic N) is 1. The van der Waals surface area contributed by atoms with E-state index in [2.05, 4.69) is 193 Å². The molecule has 0 aliphatic heterocycles. The monoisotopic (exact) mass is 785 g/mol. The summed E-state index contributed by atoms with van der Waals surface area (Å²) in [4.78, 5) is 2.42. The third-order valence-corrected chi connectivity index (χ3v) is 13.8. The van der Waals surface area contributed by atoms with E-state index in [0.29, 0.717) is 0 Å². The minimum Gasteiger partial charge on any atom is -0.456 e. The number of hydrogen-bond donors (Lipinski definition) is 0. The van der Waals surface area contributed by atoms with Crippen molar-refractivity contribution in [2.75, 3.05) is 4.90 Å². The Morgan fingerprint density at radius 3 is 1.87 bits per heavy atom. The molecule has 0 radical (unpaired) electrons. The van der Waals surface area contributed by atoms with Crippen LogP contribution in [0.25, 0.3) is 97.4 Å². The van der Waals surface area contributed by atoms with E-state index in [1.165, 1.54) is 58.8 Å². The fourth-order valence-corrected chi connectivity index (χ4v) is 11.0. The molecule has 282 valence electrons. The highest BCUT2D eigenvalue weighted by molar-refractivity contribution is 7.26. The Kier molecular flexibility index (Phi) is 7.30. The number of thiophene rings is 1. The van der Waals surface area contributed by atoms with Gasteiger partial charge in [0.2, 0.25) is 0 Å². The minimum atomic E-state index is 0.900. The second kappa shape index (κ2) is 13.1. The van der Waals surface area contributed by atoms with Gasteiger partial charge in [0.05, 0.1) is 10.4 Å². The summed E-state index contributed by atoms with van der Waals surface area (Å²) in [6.45, 7) is 0. The van der Waals surface area contributed by atoms with Gasteiger partial charge in [-0.15, -0.1) is 11.3 Å². The van der Waals surface area contributed by atoms with Crippen LogP contribution in [0.4, 0.5) is 17.1 Å². The summed E-state index contributed by atoms with van der Waals surface area (Å²) in [7, 11) is 0. The number of furan rings is 2. The van der Waals surface area contributed by atoms with Crippen molar-refractivity contribution in [3.63, 3.8) is 0 Å². The van der Waals surface area contributed by atoms with Gasteiger partial charge in [-0.3, -0.25) is 0 Å². The predicted octanol–water partition coefficient (Wildman–Crippen LogP) is 16.4. The van der Waals surface area contributed by atoms with E-state index in [-0.39, 0.29) is 0 Å². The molecule has 0 spiro atoms. The van der Waals surface area contributed by atoms with Gasteiger partial charge in [-0.2, -0.15) is 0 Å². The third kappa shape index (κ3) is 5.01. The third-order valence-electron chi connectivity index (χ3n) is 12.6. The number of aryl methyl sites for hydroxylation is 2. The Hall–Kier alpha value is -7.40. The largest absolute Gasteiger partial charge is 0.456 e. The molecule has 12 aromatic rings. The molecule has 0 atom stereocenters. The topological polar surface area (TPSA) is 29.5 Å². The Morgan fingerprint density at radius 2 is 1.07 bits per heavy atom. The standard InChI is InChI=1S/C56H35NO2S/c1-3-12-42-34(10-1)26-32-46-52-40(15-8-19-49(52)58-54(42)46)36-22-28-38(29-23-36)57(48-18-7-17-45-44-14-5-6-21-51(44)60-56(45)48)39-30-24-37(25-31-39)41-16-9-20-50-53(41)47-33-27-35-11-2-4-13-43(35)55(47)59-50/h1-26,28-32H,27,33H2. The van der Waals surface area contributed by atoms with Crippen molar-refractivity contribution in [2.24, 2.45) is 0 Å². The van der Waals surface area contributed by atoms with Gasteiger partial charge in [0.15, 0.2) is 0 Å². The molecular formula is C56H35NO2S. The summed E-state index contributed by atoms with van der Waals surface area (Å²) in [6.07, 6.45) is 1.99. The van der Waals surface area contributed by atoms with Crippen LogP contribution in [-0.4, -0.2) is 0 Å². The van der Waals surface area contributed by atoms with Crippen LogP contribution >= 0.6 is 11.3 Å². The lowest BCUT2D eigenvalue weighted by Gasteiger charge is -2.26. The fraction of sp³-hybridized carbons (Fsp3) is 0.0357. The number of rotatable bonds is 5. The van der Waals surface area contributed by atoms with Gasteiger partial charge in [-0.05, 0) is 101 Å². The molecule has 0 N–H and O–H groups in total. The molecule has 3 nitrogen and oxygen atoms in total. The van der Waals surface area contributed by atoms with E-state index < -0.39 is 0 Å². The average molecular weight is 786 g/mol. The second-order valence-electron chi connectivity index (χ2n) is 15.9. The zero-order chi connectivity index (χ0) is 39.3. The van der Waals surface area contributed by atoms with Crippen LogP contribution in [0.5, 0.6) is 0 Å². The molecule has 0 unspecified atom stereocenters. The zero-order valence-electron chi connectivity index (χ0n) is 32.5. The Bertz CT molecular complexity index is 3660. The molecule has 0 fully saturated rings. The lowest BCUT2D eigenvalue weighted by molar-refractivity contribution is 0.621. The SMILES string of the molecule is c1ccc2c(c1)CCc1c-2oc2cccc(-c3ccc(N(c4ccc(-c5cccc6oc7c8ccccc8ccc7c56)cc4)c4cccc5c4sc4ccccc45)cc3)c12. The van der Waals surface area contributed by atoms with Crippen LogP contribution in [-0.2, 0) is 12.8 Å². The molecule has 9 aromatic carbocycles. The molecule has 4 heteroatoms. The van der Waals surface area contributed by atoms with Crippen LogP contribution in [0, 0.1) is 0 Å². The van der Waals surface area contributed by atoms with E-state index in [1.807, 2.05) is 11.3 Å². The van der Waals surface area contributed by atoms with Gasteiger partial charge in [0.1, 0.15) is 22.5 Å². The number of anilines is 3. The lowest BCUT2D eigenvalue weighted by atomic mass is 9.87. The fourth-order valence-electron chi connectivity index (χ4n) is 9.84. The predicted molar refractivity (Wildman–Crippen MR) is 252 cm³/mol. The number of hydrogen-bond acceptors (Lipinski definition) is 4. The highest BCUT2D eigenvalue weighted by Crippen LogP contribution is 2.48. The smallest absolute Gasteiger partial charge is 0.143 e. The van der Waals surface area contributed by atoms with Crippen molar-refractivity contribution < 1.29 is 8.83 Å². The molecule has 60 heavy (non-hydrogen) atoms. The van der Waals surface area contributed by atoms with E-state index in [4.69, 9.17) is 8.83 Å². The first-order valence-electron chi connectivity index (χ1n) is 20.6. The van der Waals surface area contributed by atoms with Crippen molar-refractivity contribution >= 4 is 92.3 Å². The first kappa shape index (κ1) is 33.6. The minimum absolute atomic E-state index is 0.900. The van der Waals surface area contributed by atoms with E-state index in [1.54, 1.807) is 0 Å². The van der Waals surface area contributed by atoms with Crippen molar-refractivity contribution in [1.82, 2.24) is 0 Å². The lowest BCUT2D eigenvalue weighted by Crippen LogP contribution is -2.10. The van der Waals surface area contributed by atoms with Crippen LogP contribution in [0.3, 0.4) is 0 Å². The average Bonchev–Trinajstić information content (AvgIpc) is 4.02. The van der Waals surface area contributed by atoms with Crippen molar-refractivity contribution in [3.8, 4) is 33.6 Å². The van der Waals surface area contributed by atoms with Gasteiger partial charge < -0.3 is 13.7 Å². The maximum atomic E-state index is 6.61. The maximum absolute atomic E-state index is 6.61. The highest BCUT2D eigenvalue weighted by Gasteiger charge is 2.25. The van der Waals surface area contributed by atoms with Crippen LogP contribution in [0.15, 0.2) is 197 Å². The van der Waals surface area contributed by atoms with E-state index >= 15 is 0 Å². The second-order valence-corrected chi connectivity index (χ2v) is 16.9. The Morgan fingerprint density at radius 1 is 0.433 bits per heavy atom. The Balaban J connectivity index is 0.948. The summed E-state index contributed by atoms with van der Waals surface area (Å²) in [5, 5.41) is 8.39. The summed E-state index contributed by atoms with van der Waals surface area (Å²) >= 11 is 1.86. The molecule has 0 saturated heterocycles. The first-order chi connectivity index (χ1) is 29.7. The van der Waals surface area contributed by atoms with E-state index in [0.717, 1.165) is 79.7 Å². The summed E-state index contributed by atoms with van der Waals surface area (Å²) in [5.74, 6) is 1.02. The molecule has 0 saturated carbocycles. The normalized spacial score (nSPS) is 12.5. The van der Waals surface area contributed by atoms with Crippen LogP contribution < -0.4 is 4.90 Å². The molecule has 0 amide bonds. The van der Waals surface area contributed by atoms with Crippen molar-refractivity contribution in [1.29, 1.82) is 0 Å². The molecule has 13 rings (SSSR count).